The molecule has 152 valence electrons. The SMILES string of the molecule is C[C@]12C=CC(=O)C=C1CCC1C2CC[C@@]2(C)C1C1CC[C@@H]1[C@@]2(O)CCC(=O)O. The van der Waals surface area contributed by atoms with E-state index in [0.29, 0.717) is 30.1 Å². The van der Waals surface area contributed by atoms with E-state index in [9.17, 15) is 19.8 Å². The Morgan fingerprint density at radius 3 is 2.57 bits per heavy atom. The highest BCUT2D eigenvalue weighted by Gasteiger charge is 2.72. The minimum absolute atomic E-state index is 0.0286. The lowest BCUT2D eigenvalue weighted by Crippen LogP contribution is -2.55. The fourth-order valence-corrected chi connectivity index (χ4v) is 8.48. The van der Waals surface area contributed by atoms with Crippen LogP contribution in [0.15, 0.2) is 23.8 Å². The Hall–Kier alpha value is -1.42. The molecule has 4 fully saturated rings. The van der Waals surface area contributed by atoms with Gasteiger partial charge in [-0.05, 0) is 92.1 Å². The van der Waals surface area contributed by atoms with Gasteiger partial charge < -0.3 is 10.2 Å². The van der Waals surface area contributed by atoms with Crippen LogP contribution in [-0.2, 0) is 9.59 Å². The molecule has 5 aliphatic rings. The lowest BCUT2D eigenvalue weighted by atomic mass is 9.46. The molecule has 0 amide bonds. The fraction of sp³-hybridized carbons (Fsp3) is 0.750. The number of ketones is 1. The van der Waals surface area contributed by atoms with E-state index in [-0.39, 0.29) is 29.0 Å². The van der Waals surface area contributed by atoms with Crippen molar-refractivity contribution in [2.45, 2.75) is 70.8 Å². The number of rotatable bonds is 3. The highest BCUT2D eigenvalue weighted by Crippen LogP contribution is 2.74. The standard InChI is InChI=1S/C24H32O4/c1-22-10-7-15(25)13-14(22)3-4-16-18(22)8-11-23(2)21(16)17-5-6-19(17)24(23,28)12-9-20(26)27/h7,10,13,16-19,21,28H,3-6,8-9,11-12H2,1-2H3,(H,26,27)/t16?,17?,18?,19-,21?,22-,23-,24-/m0/s1. The zero-order valence-electron chi connectivity index (χ0n) is 17.0. The molecule has 2 N–H and O–H groups in total. The predicted molar refractivity (Wildman–Crippen MR) is 105 cm³/mol. The smallest absolute Gasteiger partial charge is 0.303 e. The Morgan fingerprint density at radius 2 is 1.89 bits per heavy atom. The van der Waals surface area contributed by atoms with Crippen molar-refractivity contribution in [3.8, 4) is 0 Å². The van der Waals surface area contributed by atoms with E-state index in [1.54, 1.807) is 6.08 Å². The van der Waals surface area contributed by atoms with Gasteiger partial charge in [0.05, 0.1) is 5.60 Å². The number of carboxylic acid groups (broad SMARTS) is 1. The summed E-state index contributed by atoms with van der Waals surface area (Å²) in [5, 5.41) is 21.1. The van der Waals surface area contributed by atoms with Crippen LogP contribution in [0.25, 0.3) is 0 Å². The molecule has 0 aromatic heterocycles. The van der Waals surface area contributed by atoms with E-state index >= 15 is 0 Å². The van der Waals surface area contributed by atoms with E-state index < -0.39 is 11.6 Å². The summed E-state index contributed by atoms with van der Waals surface area (Å²) < 4.78 is 0. The van der Waals surface area contributed by atoms with Crippen molar-refractivity contribution in [1.82, 2.24) is 0 Å². The Kier molecular flexibility index (Phi) is 3.86. The van der Waals surface area contributed by atoms with Gasteiger partial charge in [-0.25, -0.2) is 0 Å². The number of aliphatic hydroxyl groups is 1. The Bertz CT molecular complexity index is 796. The Labute approximate surface area is 167 Å². The van der Waals surface area contributed by atoms with Crippen molar-refractivity contribution < 1.29 is 19.8 Å². The van der Waals surface area contributed by atoms with Crippen LogP contribution in [0.3, 0.4) is 0 Å². The summed E-state index contributed by atoms with van der Waals surface area (Å²) in [6, 6.07) is 0. The normalized spacial score (nSPS) is 51.3. The summed E-state index contributed by atoms with van der Waals surface area (Å²) in [5.74, 6) is 1.70. The second-order valence-electron chi connectivity index (χ2n) is 10.6. The number of carboxylic acids is 1. The highest BCUT2D eigenvalue weighted by molar-refractivity contribution is 6.01. The van der Waals surface area contributed by atoms with Crippen molar-refractivity contribution in [1.29, 1.82) is 0 Å². The first kappa shape index (κ1) is 18.6. The van der Waals surface area contributed by atoms with Crippen molar-refractivity contribution >= 4 is 11.8 Å². The zero-order valence-corrected chi connectivity index (χ0v) is 17.0. The zero-order chi connectivity index (χ0) is 19.9. The van der Waals surface area contributed by atoms with E-state index in [0.717, 1.165) is 32.1 Å². The molecule has 0 aromatic rings. The Balaban J connectivity index is 1.51. The number of hydrogen-bond donors (Lipinski definition) is 2. The fourth-order valence-electron chi connectivity index (χ4n) is 8.48. The van der Waals surface area contributed by atoms with Gasteiger partial charge in [-0.3, -0.25) is 9.59 Å². The maximum absolute atomic E-state index is 11.9. The molecule has 0 bridgehead atoms. The van der Waals surface area contributed by atoms with Gasteiger partial charge in [-0.1, -0.05) is 25.5 Å². The van der Waals surface area contributed by atoms with Gasteiger partial charge in [0.15, 0.2) is 5.78 Å². The molecule has 28 heavy (non-hydrogen) atoms. The maximum atomic E-state index is 11.9. The third-order valence-corrected chi connectivity index (χ3v) is 9.92. The average molecular weight is 385 g/mol. The molecule has 0 radical (unpaired) electrons. The van der Waals surface area contributed by atoms with Crippen LogP contribution < -0.4 is 0 Å². The van der Waals surface area contributed by atoms with Crippen LogP contribution in [-0.4, -0.2) is 27.6 Å². The van der Waals surface area contributed by atoms with Gasteiger partial charge in [-0.15, -0.1) is 0 Å². The minimum Gasteiger partial charge on any atom is -0.481 e. The molecule has 0 spiro atoms. The van der Waals surface area contributed by atoms with Crippen LogP contribution in [0.4, 0.5) is 0 Å². The topological polar surface area (TPSA) is 74.6 Å². The van der Waals surface area contributed by atoms with E-state index in [4.69, 9.17) is 0 Å². The second kappa shape index (κ2) is 5.81. The number of carbonyl (C=O) groups excluding carboxylic acids is 1. The summed E-state index contributed by atoms with van der Waals surface area (Å²) >= 11 is 0. The molecule has 4 saturated carbocycles. The maximum Gasteiger partial charge on any atom is 0.303 e. The summed E-state index contributed by atoms with van der Waals surface area (Å²) in [5.41, 5.74) is 0.258. The van der Waals surface area contributed by atoms with Gasteiger partial charge in [0.2, 0.25) is 0 Å². The summed E-state index contributed by atoms with van der Waals surface area (Å²) in [6.45, 7) is 4.58. The van der Waals surface area contributed by atoms with Gasteiger partial charge in [0.25, 0.3) is 0 Å². The first-order chi connectivity index (χ1) is 13.2. The number of fused-ring (bicyclic) bond motifs is 7. The largest absolute Gasteiger partial charge is 0.481 e. The average Bonchev–Trinajstić information content (AvgIpc) is 2.74. The lowest BCUT2D eigenvalue weighted by Gasteiger charge is -2.58. The van der Waals surface area contributed by atoms with Crippen LogP contribution >= 0.6 is 0 Å². The third kappa shape index (κ3) is 2.16. The molecule has 5 aliphatic carbocycles. The van der Waals surface area contributed by atoms with Crippen LogP contribution in [0.5, 0.6) is 0 Å². The van der Waals surface area contributed by atoms with Gasteiger partial charge >= 0.3 is 5.97 Å². The van der Waals surface area contributed by atoms with Crippen LogP contribution in [0.2, 0.25) is 0 Å². The summed E-state index contributed by atoms with van der Waals surface area (Å²) in [7, 11) is 0. The third-order valence-electron chi connectivity index (χ3n) is 9.92. The molecule has 5 rings (SSSR count). The molecule has 4 unspecified atom stereocenters. The number of hydrogen-bond acceptors (Lipinski definition) is 3. The molecule has 4 heteroatoms. The summed E-state index contributed by atoms with van der Waals surface area (Å²) in [6.07, 6.45) is 12.6. The highest BCUT2D eigenvalue weighted by atomic mass is 16.4. The lowest BCUT2D eigenvalue weighted by molar-refractivity contribution is -0.152. The van der Waals surface area contributed by atoms with Gasteiger partial charge in [0.1, 0.15) is 0 Å². The van der Waals surface area contributed by atoms with Crippen molar-refractivity contribution in [2.75, 3.05) is 0 Å². The van der Waals surface area contributed by atoms with Crippen LogP contribution in [0.1, 0.15) is 65.2 Å². The quantitative estimate of drug-likeness (QED) is 0.767. The van der Waals surface area contributed by atoms with Gasteiger partial charge in [-0.2, -0.15) is 0 Å². The van der Waals surface area contributed by atoms with Gasteiger partial charge in [0, 0.05) is 11.8 Å². The van der Waals surface area contributed by atoms with E-state index in [1.165, 1.54) is 12.0 Å². The molecule has 0 aromatic carbocycles. The Morgan fingerprint density at radius 1 is 1.14 bits per heavy atom. The number of carbonyl (C=O) groups is 2. The number of allylic oxidation sites excluding steroid dienone is 4. The minimum atomic E-state index is -0.834. The molecular formula is C24H32O4. The first-order valence-corrected chi connectivity index (χ1v) is 11.1. The van der Waals surface area contributed by atoms with Crippen molar-refractivity contribution in [3.63, 3.8) is 0 Å². The molecule has 0 saturated heterocycles. The first-order valence-electron chi connectivity index (χ1n) is 11.1. The monoisotopic (exact) mass is 384 g/mol. The van der Waals surface area contributed by atoms with Crippen molar-refractivity contribution in [3.05, 3.63) is 23.8 Å². The molecular weight excluding hydrogens is 352 g/mol. The second-order valence-corrected chi connectivity index (χ2v) is 10.6. The predicted octanol–water partition coefficient (Wildman–Crippen LogP) is 4.14. The molecule has 8 atom stereocenters. The number of aliphatic carboxylic acids is 1. The van der Waals surface area contributed by atoms with E-state index in [1.807, 2.05) is 6.08 Å². The summed E-state index contributed by atoms with van der Waals surface area (Å²) in [4.78, 5) is 23.2. The van der Waals surface area contributed by atoms with E-state index in [2.05, 4.69) is 19.9 Å². The molecule has 0 aliphatic heterocycles. The van der Waals surface area contributed by atoms with Crippen LogP contribution in [0, 0.1) is 40.4 Å². The molecule has 4 nitrogen and oxygen atoms in total. The molecule has 0 heterocycles. The van der Waals surface area contributed by atoms with Crippen molar-refractivity contribution in [2.24, 2.45) is 40.4 Å².